The van der Waals surface area contributed by atoms with Gasteiger partial charge in [0.25, 0.3) is 5.91 Å². The number of amides is 1. The van der Waals surface area contributed by atoms with Gasteiger partial charge in [-0.1, -0.05) is 24.3 Å². The van der Waals surface area contributed by atoms with Gasteiger partial charge in [-0.15, -0.1) is 0 Å². The number of carbonyl (C=O) groups excluding carboxylic acids is 1. The quantitative estimate of drug-likeness (QED) is 0.765. The van der Waals surface area contributed by atoms with Gasteiger partial charge >= 0.3 is 0 Å². The number of carbonyl (C=O) groups is 1. The first-order chi connectivity index (χ1) is 12.1. The highest BCUT2D eigenvalue weighted by Gasteiger charge is 2.18. The van der Waals surface area contributed by atoms with Crippen LogP contribution in [-0.2, 0) is 0 Å². The molecule has 0 saturated carbocycles. The fourth-order valence-corrected chi connectivity index (χ4v) is 2.54. The smallest absolute Gasteiger partial charge is 0.259 e. The molecule has 0 aliphatic carbocycles. The number of hydrogen-bond donors (Lipinski definition) is 1. The van der Waals surface area contributed by atoms with E-state index in [0.29, 0.717) is 35.0 Å². The monoisotopic (exact) mass is 339 g/mol. The Labute approximate surface area is 145 Å². The third-order valence-electron chi connectivity index (χ3n) is 3.77. The average Bonchev–Trinajstić information content (AvgIpc) is 2.99. The van der Waals surface area contributed by atoms with Crippen LogP contribution in [0.3, 0.4) is 0 Å². The fourth-order valence-electron chi connectivity index (χ4n) is 2.54. The normalized spacial score (nSPS) is 10.5. The number of anilines is 1. The Bertz CT molecular complexity index is 905. The summed E-state index contributed by atoms with van der Waals surface area (Å²) in [4.78, 5) is 12.6. The largest absolute Gasteiger partial charge is 0.492 e. The Kier molecular flexibility index (Phi) is 4.79. The van der Waals surface area contributed by atoms with Gasteiger partial charge in [0.2, 0.25) is 0 Å². The second kappa shape index (κ2) is 7.17. The van der Waals surface area contributed by atoms with E-state index in [0.717, 1.165) is 0 Å². The first-order valence-electron chi connectivity index (χ1n) is 7.94. The van der Waals surface area contributed by atoms with Gasteiger partial charge in [0.05, 0.1) is 29.7 Å². The number of hydrogen-bond acceptors (Lipinski definition) is 3. The summed E-state index contributed by atoms with van der Waals surface area (Å²) in [5, 5.41) is 6.97. The second-order valence-electron chi connectivity index (χ2n) is 5.39. The van der Waals surface area contributed by atoms with Crippen LogP contribution in [-0.4, -0.2) is 22.3 Å². The number of ether oxygens (including phenoxy) is 1. The van der Waals surface area contributed by atoms with Gasteiger partial charge in [-0.3, -0.25) is 4.79 Å². The third kappa shape index (κ3) is 3.38. The molecule has 0 unspecified atom stereocenters. The molecule has 2 aromatic carbocycles. The molecule has 0 aliphatic heterocycles. The van der Waals surface area contributed by atoms with Crippen LogP contribution in [0.1, 0.15) is 23.0 Å². The predicted molar refractivity (Wildman–Crippen MR) is 93.8 cm³/mol. The van der Waals surface area contributed by atoms with Gasteiger partial charge < -0.3 is 10.1 Å². The van der Waals surface area contributed by atoms with Gasteiger partial charge in [-0.05, 0) is 38.1 Å². The standard InChI is InChI=1S/C19H18FN3O2/c1-3-25-18-11-7-5-9-16(18)22-19(24)14-12-21-23(13(14)2)17-10-6-4-8-15(17)20/h4-12H,3H2,1-2H3,(H,22,24). The molecule has 128 valence electrons. The molecule has 1 aromatic heterocycles. The van der Waals surface area contributed by atoms with Crippen molar-refractivity contribution >= 4 is 11.6 Å². The summed E-state index contributed by atoms with van der Waals surface area (Å²) in [6, 6.07) is 13.5. The maximum atomic E-state index is 14.0. The molecule has 0 atom stereocenters. The summed E-state index contributed by atoms with van der Waals surface area (Å²) < 4.78 is 20.9. The molecule has 0 fully saturated rings. The summed E-state index contributed by atoms with van der Waals surface area (Å²) in [6.07, 6.45) is 1.43. The molecule has 0 bridgehead atoms. The molecule has 1 N–H and O–H groups in total. The van der Waals surface area contributed by atoms with E-state index in [9.17, 15) is 9.18 Å². The molecule has 3 aromatic rings. The number of rotatable bonds is 5. The third-order valence-corrected chi connectivity index (χ3v) is 3.77. The number of para-hydroxylation sites is 3. The Morgan fingerprint density at radius 3 is 2.68 bits per heavy atom. The van der Waals surface area contributed by atoms with Gasteiger partial charge in [-0.2, -0.15) is 5.10 Å². The number of benzene rings is 2. The van der Waals surface area contributed by atoms with Crippen LogP contribution in [0.2, 0.25) is 0 Å². The van der Waals surface area contributed by atoms with Crippen LogP contribution in [0, 0.1) is 12.7 Å². The van der Waals surface area contributed by atoms with E-state index in [-0.39, 0.29) is 5.91 Å². The Hall–Kier alpha value is -3.15. The molecule has 0 radical (unpaired) electrons. The topological polar surface area (TPSA) is 56.1 Å². The van der Waals surface area contributed by atoms with E-state index in [1.54, 1.807) is 37.3 Å². The van der Waals surface area contributed by atoms with Crippen LogP contribution >= 0.6 is 0 Å². The minimum atomic E-state index is -0.401. The summed E-state index contributed by atoms with van der Waals surface area (Å²) in [5.41, 5.74) is 1.80. The molecule has 25 heavy (non-hydrogen) atoms. The fraction of sp³-hybridized carbons (Fsp3) is 0.158. The maximum Gasteiger partial charge on any atom is 0.259 e. The first-order valence-corrected chi connectivity index (χ1v) is 7.94. The first kappa shape index (κ1) is 16.7. The van der Waals surface area contributed by atoms with E-state index in [4.69, 9.17) is 4.74 Å². The van der Waals surface area contributed by atoms with Crippen molar-refractivity contribution in [3.8, 4) is 11.4 Å². The summed E-state index contributed by atoms with van der Waals surface area (Å²) in [5.74, 6) is -0.132. The van der Waals surface area contributed by atoms with Crippen LogP contribution in [0.25, 0.3) is 5.69 Å². The molecular weight excluding hydrogens is 321 g/mol. The lowest BCUT2D eigenvalue weighted by Crippen LogP contribution is -2.14. The molecule has 0 spiro atoms. The molecular formula is C19H18FN3O2. The number of nitrogens with zero attached hydrogens (tertiary/aromatic N) is 2. The zero-order valence-electron chi connectivity index (χ0n) is 14.0. The zero-order valence-corrected chi connectivity index (χ0v) is 14.0. The lowest BCUT2D eigenvalue weighted by atomic mass is 10.2. The average molecular weight is 339 g/mol. The van der Waals surface area contributed by atoms with E-state index in [1.165, 1.54) is 16.9 Å². The minimum Gasteiger partial charge on any atom is -0.492 e. The SMILES string of the molecule is CCOc1ccccc1NC(=O)c1cnn(-c2ccccc2F)c1C. The van der Waals surface area contributed by atoms with Gasteiger partial charge in [-0.25, -0.2) is 9.07 Å². The van der Waals surface area contributed by atoms with Crippen molar-refractivity contribution in [3.63, 3.8) is 0 Å². The van der Waals surface area contributed by atoms with Crippen molar-refractivity contribution in [1.29, 1.82) is 0 Å². The van der Waals surface area contributed by atoms with Crippen molar-refractivity contribution in [2.24, 2.45) is 0 Å². The van der Waals surface area contributed by atoms with E-state index in [2.05, 4.69) is 10.4 Å². The number of aromatic nitrogens is 2. The predicted octanol–water partition coefficient (Wildman–Crippen LogP) is 3.97. The van der Waals surface area contributed by atoms with Gasteiger partial charge in [0.1, 0.15) is 17.3 Å². The highest BCUT2D eigenvalue weighted by molar-refractivity contribution is 6.05. The van der Waals surface area contributed by atoms with Crippen LogP contribution in [0.15, 0.2) is 54.7 Å². The van der Waals surface area contributed by atoms with Crippen molar-refractivity contribution < 1.29 is 13.9 Å². The summed E-state index contributed by atoms with van der Waals surface area (Å²) in [6.45, 7) is 4.10. The molecule has 5 nitrogen and oxygen atoms in total. The van der Waals surface area contributed by atoms with E-state index < -0.39 is 5.82 Å². The second-order valence-corrected chi connectivity index (χ2v) is 5.39. The molecule has 6 heteroatoms. The van der Waals surface area contributed by atoms with E-state index in [1.807, 2.05) is 19.1 Å². The zero-order chi connectivity index (χ0) is 17.8. The van der Waals surface area contributed by atoms with Crippen molar-refractivity contribution in [2.45, 2.75) is 13.8 Å². The van der Waals surface area contributed by atoms with Crippen molar-refractivity contribution in [3.05, 3.63) is 71.8 Å². The summed E-state index contributed by atoms with van der Waals surface area (Å²) >= 11 is 0. The van der Waals surface area contributed by atoms with Crippen molar-refractivity contribution in [2.75, 3.05) is 11.9 Å². The Morgan fingerprint density at radius 1 is 1.20 bits per heavy atom. The van der Waals surface area contributed by atoms with Crippen LogP contribution in [0.5, 0.6) is 5.75 Å². The molecule has 0 saturated heterocycles. The van der Waals surface area contributed by atoms with Crippen LogP contribution in [0.4, 0.5) is 10.1 Å². The minimum absolute atomic E-state index is 0.300. The maximum absolute atomic E-state index is 14.0. The molecule has 1 heterocycles. The highest BCUT2D eigenvalue weighted by Crippen LogP contribution is 2.25. The lowest BCUT2D eigenvalue weighted by molar-refractivity contribution is 0.102. The van der Waals surface area contributed by atoms with E-state index >= 15 is 0 Å². The van der Waals surface area contributed by atoms with Crippen LogP contribution < -0.4 is 10.1 Å². The Balaban J connectivity index is 1.89. The number of halogens is 1. The molecule has 3 rings (SSSR count). The van der Waals surface area contributed by atoms with Gasteiger partial charge in [0.15, 0.2) is 0 Å². The summed E-state index contributed by atoms with van der Waals surface area (Å²) in [7, 11) is 0. The number of nitrogens with one attached hydrogen (secondary N) is 1. The van der Waals surface area contributed by atoms with Gasteiger partial charge in [0, 0.05) is 0 Å². The lowest BCUT2D eigenvalue weighted by Gasteiger charge is -2.11. The molecule has 1 amide bonds. The molecule has 0 aliphatic rings. The Morgan fingerprint density at radius 2 is 1.92 bits per heavy atom. The highest BCUT2D eigenvalue weighted by atomic mass is 19.1. The van der Waals surface area contributed by atoms with Crippen molar-refractivity contribution in [1.82, 2.24) is 9.78 Å².